The quantitative estimate of drug-likeness (QED) is 0.764. The van der Waals surface area contributed by atoms with Gasteiger partial charge in [-0.1, -0.05) is 19.1 Å². The lowest BCUT2D eigenvalue weighted by Gasteiger charge is -2.08. The molecular weight excluding hydrogens is 162 g/mol. The molecule has 0 radical (unpaired) electrons. The predicted molar refractivity (Wildman–Crippen MR) is 55.1 cm³/mol. The molecule has 0 aromatic heterocycles. The summed E-state index contributed by atoms with van der Waals surface area (Å²) in [5.41, 5.74) is 8.07. The summed E-state index contributed by atoms with van der Waals surface area (Å²) in [7, 11) is 1.70. The van der Waals surface area contributed by atoms with Crippen molar-refractivity contribution < 1.29 is 4.74 Å². The van der Waals surface area contributed by atoms with Crippen molar-refractivity contribution in [2.24, 2.45) is 5.73 Å². The van der Waals surface area contributed by atoms with Gasteiger partial charge in [0, 0.05) is 0 Å². The predicted octanol–water partition coefficient (Wildman–Crippen LogP) is 1.76. The summed E-state index contributed by atoms with van der Waals surface area (Å²) >= 11 is 0. The zero-order chi connectivity index (χ0) is 9.68. The van der Waals surface area contributed by atoms with E-state index in [9.17, 15) is 0 Å². The molecular formula is C11H17NO. The van der Waals surface area contributed by atoms with Gasteiger partial charge in [-0.2, -0.15) is 0 Å². The molecule has 72 valence electrons. The normalized spacial score (nSPS) is 10.1. The smallest absolute Gasteiger partial charge is 0.122 e. The van der Waals surface area contributed by atoms with Crippen LogP contribution in [0, 0.1) is 0 Å². The molecule has 0 bridgehead atoms. The van der Waals surface area contributed by atoms with E-state index in [2.05, 4.69) is 19.1 Å². The van der Waals surface area contributed by atoms with E-state index in [-0.39, 0.29) is 0 Å². The van der Waals surface area contributed by atoms with Crippen LogP contribution in [0.3, 0.4) is 0 Å². The molecule has 1 rings (SSSR count). The summed E-state index contributed by atoms with van der Waals surface area (Å²) < 4.78 is 5.24. The number of nitrogens with two attached hydrogens (primary N) is 1. The number of hydrogen-bond acceptors (Lipinski definition) is 2. The molecule has 1 aromatic rings. The molecule has 0 heterocycles. The van der Waals surface area contributed by atoms with E-state index in [1.807, 2.05) is 6.07 Å². The standard InChI is InChI=1S/C11H17NO/c1-3-9-4-5-11(13-2)10(8-9)6-7-12/h4-5,8H,3,6-7,12H2,1-2H3. The van der Waals surface area contributed by atoms with Crippen molar-refractivity contribution >= 4 is 0 Å². The van der Waals surface area contributed by atoms with Crippen molar-refractivity contribution in [3.63, 3.8) is 0 Å². The highest BCUT2D eigenvalue weighted by Gasteiger charge is 2.02. The lowest BCUT2D eigenvalue weighted by Crippen LogP contribution is -2.04. The molecule has 0 aliphatic carbocycles. The van der Waals surface area contributed by atoms with Gasteiger partial charge >= 0.3 is 0 Å². The first-order chi connectivity index (χ1) is 6.31. The Kier molecular flexibility index (Phi) is 3.77. The van der Waals surface area contributed by atoms with Gasteiger partial charge in [-0.05, 0) is 36.6 Å². The van der Waals surface area contributed by atoms with Crippen LogP contribution in [-0.4, -0.2) is 13.7 Å². The van der Waals surface area contributed by atoms with E-state index in [1.165, 1.54) is 11.1 Å². The Morgan fingerprint density at radius 2 is 2.15 bits per heavy atom. The van der Waals surface area contributed by atoms with E-state index in [0.29, 0.717) is 6.54 Å². The number of methoxy groups -OCH3 is 1. The Hall–Kier alpha value is -1.02. The second kappa shape index (κ2) is 4.87. The van der Waals surface area contributed by atoms with Gasteiger partial charge in [0.1, 0.15) is 5.75 Å². The third kappa shape index (κ3) is 2.46. The Balaban J connectivity index is 2.95. The largest absolute Gasteiger partial charge is 0.496 e. The highest BCUT2D eigenvalue weighted by atomic mass is 16.5. The molecule has 0 saturated heterocycles. The Bertz CT molecular complexity index is 271. The fourth-order valence-corrected chi connectivity index (χ4v) is 1.40. The average Bonchev–Trinajstić information content (AvgIpc) is 2.18. The van der Waals surface area contributed by atoms with Crippen molar-refractivity contribution in [3.8, 4) is 5.75 Å². The van der Waals surface area contributed by atoms with Crippen LogP contribution >= 0.6 is 0 Å². The third-order valence-electron chi connectivity index (χ3n) is 2.17. The van der Waals surface area contributed by atoms with Crippen molar-refractivity contribution in [2.75, 3.05) is 13.7 Å². The van der Waals surface area contributed by atoms with Gasteiger partial charge in [0.05, 0.1) is 7.11 Å². The molecule has 0 atom stereocenters. The van der Waals surface area contributed by atoms with Crippen LogP contribution in [-0.2, 0) is 12.8 Å². The van der Waals surface area contributed by atoms with Crippen molar-refractivity contribution in [1.82, 2.24) is 0 Å². The van der Waals surface area contributed by atoms with Gasteiger partial charge in [0.15, 0.2) is 0 Å². The third-order valence-corrected chi connectivity index (χ3v) is 2.17. The average molecular weight is 179 g/mol. The summed E-state index contributed by atoms with van der Waals surface area (Å²) in [6, 6.07) is 6.29. The van der Waals surface area contributed by atoms with Crippen LogP contribution in [0.2, 0.25) is 0 Å². The number of benzene rings is 1. The molecule has 0 aliphatic rings. The molecule has 2 nitrogen and oxygen atoms in total. The van der Waals surface area contributed by atoms with Gasteiger partial charge < -0.3 is 10.5 Å². The molecule has 0 unspecified atom stereocenters. The zero-order valence-electron chi connectivity index (χ0n) is 8.34. The molecule has 2 N–H and O–H groups in total. The van der Waals surface area contributed by atoms with Crippen LogP contribution in [0.15, 0.2) is 18.2 Å². The number of hydrogen-bond donors (Lipinski definition) is 1. The second-order valence-electron chi connectivity index (χ2n) is 3.04. The maximum Gasteiger partial charge on any atom is 0.122 e. The van der Waals surface area contributed by atoms with Crippen molar-refractivity contribution in [3.05, 3.63) is 29.3 Å². The lowest BCUT2D eigenvalue weighted by molar-refractivity contribution is 0.409. The second-order valence-corrected chi connectivity index (χ2v) is 3.04. The van der Waals surface area contributed by atoms with E-state index in [1.54, 1.807) is 7.11 Å². The summed E-state index contributed by atoms with van der Waals surface area (Å²) in [6.07, 6.45) is 1.94. The first-order valence-corrected chi connectivity index (χ1v) is 4.67. The summed E-state index contributed by atoms with van der Waals surface area (Å²) in [4.78, 5) is 0. The molecule has 2 heteroatoms. The van der Waals surface area contributed by atoms with Crippen LogP contribution in [0.5, 0.6) is 5.75 Å². The van der Waals surface area contributed by atoms with Crippen LogP contribution in [0.4, 0.5) is 0 Å². The van der Waals surface area contributed by atoms with Gasteiger partial charge in [0.25, 0.3) is 0 Å². The Morgan fingerprint density at radius 1 is 1.38 bits per heavy atom. The monoisotopic (exact) mass is 179 g/mol. The van der Waals surface area contributed by atoms with Gasteiger partial charge in [0.2, 0.25) is 0 Å². The first kappa shape index (κ1) is 10.1. The fraction of sp³-hybridized carbons (Fsp3) is 0.455. The van der Waals surface area contributed by atoms with Gasteiger partial charge in [-0.3, -0.25) is 0 Å². The lowest BCUT2D eigenvalue weighted by atomic mass is 10.1. The summed E-state index contributed by atoms with van der Waals surface area (Å²) in [6.45, 7) is 2.82. The molecule has 0 amide bonds. The maximum absolute atomic E-state index is 5.52. The van der Waals surface area contributed by atoms with E-state index < -0.39 is 0 Å². The summed E-state index contributed by atoms with van der Waals surface area (Å²) in [5.74, 6) is 0.947. The zero-order valence-corrected chi connectivity index (χ0v) is 8.34. The van der Waals surface area contributed by atoms with Crippen LogP contribution < -0.4 is 10.5 Å². The summed E-state index contributed by atoms with van der Waals surface area (Å²) in [5, 5.41) is 0. The van der Waals surface area contributed by atoms with Crippen LogP contribution in [0.1, 0.15) is 18.1 Å². The fourth-order valence-electron chi connectivity index (χ4n) is 1.40. The van der Waals surface area contributed by atoms with E-state index in [0.717, 1.165) is 18.6 Å². The van der Waals surface area contributed by atoms with Crippen molar-refractivity contribution in [1.29, 1.82) is 0 Å². The van der Waals surface area contributed by atoms with Crippen LogP contribution in [0.25, 0.3) is 0 Å². The Morgan fingerprint density at radius 3 is 2.69 bits per heavy atom. The molecule has 0 saturated carbocycles. The molecule has 0 aliphatic heterocycles. The first-order valence-electron chi connectivity index (χ1n) is 4.67. The van der Waals surface area contributed by atoms with Gasteiger partial charge in [-0.15, -0.1) is 0 Å². The van der Waals surface area contributed by atoms with E-state index in [4.69, 9.17) is 10.5 Å². The van der Waals surface area contributed by atoms with Crippen molar-refractivity contribution in [2.45, 2.75) is 19.8 Å². The topological polar surface area (TPSA) is 35.2 Å². The Labute approximate surface area is 79.7 Å². The maximum atomic E-state index is 5.52. The van der Waals surface area contributed by atoms with Gasteiger partial charge in [-0.25, -0.2) is 0 Å². The highest BCUT2D eigenvalue weighted by molar-refractivity contribution is 5.37. The SMILES string of the molecule is CCc1ccc(OC)c(CCN)c1. The number of ether oxygens (including phenoxy) is 1. The molecule has 0 spiro atoms. The number of aryl methyl sites for hydroxylation is 1. The minimum Gasteiger partial charge on any atom is -0.496 e. The minimum absolute atomic E-state index is 0.670. The number of rotatable bonds is 4. The van der Waals surface area contributed by atoms with E-state index >= 15 is 0 Å². The molecule has 13 heavy (non-hydrogen) atoms. The molecule has 0 fully saturated rings. The molecule has 1 aromatic carbocycles. The minimum atomic E-state index is 0.670. The highest BCUT2D eigenvalue weighted by Crippen LogP contribution is 2.20.